The van der Waals surface area contributed by atoms with E-state index < -0.39 is 29.5 Å². The number of benzene rings is 1. The van der Waals surface area contributed by atoms with Gasteiger partial charge in [0.2, 0.25) is 0 Å². The third-order valence-corrected chi connectivity index (χ3v) is 5.40. The van der Waals surface area contributed by atoms with Crippen LogP contribution in [0.15, 0.2) is 45.9 Å². The number of hydrogen-bond donors (Lipinski definition) is 3. The number of aromatic amines is 1. The van der Waals surface area contributed by atoms with Crippen molar-refractivity contribution in [3.05, 3.63) is 64.3 Å². The van der Waals surface area contributed by atoms with E-state index in [0.717, 1.165) is 12.3 Å². The minimum absolute atomic E-state index is 0.233. The van der Waals surface area contributed by atoms with Gasteiger partial charge < -0.3 is 15.5 Å². The lowest BCUT2D eigenvalue weighted by Gasteiger charge is -2.12. The number of aromatic nitrogens is 3. The molecule has 7 nitrogen and oxygen atoms in total. The van der Waals surface area contributed by atoms with Gasteiger partial charge in [0.15, 0.2) is 10.7 Å². The molecule has 1 unspecified atom stereocenters. The zero-order chi connectivity index (χ0) is 22.2. The first-order chi connectivity index (χ1) is 14.7. The van der Waals surface area contributed by atoms with Gasteiger partial charge in [0.1, 0.15) is 11.5 Å². The quantitative estimate of drug-likeness (QED) is 0.384. The molecular formula is C19H15F4N5O2S. The largest absolute Gasteiger partial charge is 0.433 e. The second kappa shape index (κ2) is 8.12. The molecule has 0 saturated heterocycles. The summed E-state index contributed by atoms with van der Waals surface area (Å²) in [6.45, 7) is 0.294. The Kier molecular flexibility index (Phi) is 5.50. The van der Waals surface area contributed by atoms with Crippen LogP contribution in [0.5, 0.6) is 0 Å². The fraction of sp³-hybridized carbons (Fsp3) is 0.211. The van der Waals surface area contributed by atoms with Gasteiger partial charge >= 0.3 is 11.9 Å². The van der Waals surface area contributed by atoms with Gasteiger partial charge in [-0.3, -0.25) is 9.97 Å². The number of hydrogen-bond acceptors (Lipinski definition) is 7. The third kappa shape index (κ3) is 4.75. The number of nitrogens with one attached hydrogen (secondary N) is 2. The van der Waals surface area contributed by atoms with Crippen molar-refractivity contribution in [2.45, 2.75) is 18.6 Å². The average Bonchev–Trinajstić information content (AvgIpc) is 3.30. The highest BCUT2D eigenvalue weighted by molar-refractivity contribution is 7.18. The molecule has 0 saturated carbocycles. The fourth-order valence-electron chi connectivity index (χ4n) is 2.95. The van der Waals surface area contributed by atoms with Gasteiger partial charge in [-0.25, -0.2) is 14.2 Å². The number of nitrogens with two attached hydrogens (primary N) is 1. The highest BCUT2D eigenvalue weighted by Gasteiger charge is 2.32. The Balaban J connectivity index is 1.39. The smallest absolute Gasteiger partial charge is 0.408 e. The van der Waals surface area contributed by atoms with Gasteiger partial charge in [0.25, 0.3) is 0 Å². The van der Waals surface area contributed by atoms with E-state index in [1.807, 2.05) is 0 Å². The summed E-state index contributed by atoms with van der Waals surface area (Å²) >= 11 is 1.18. The number of rotatable bonds is 6. The van der Waals surface area contributed by atoms with Crippen LogP contribution >= 0.6 is 11.3 Å². The Hall–Kier alpha value is -3.25. The molecule has 0 aliphatic carbocycles. The highest BCUT2D eigenvalue weighted by atomic mass is 32.1. The van der Waals surface area contributed by atoms with E-state index in [-0.39, 0.29) is 16.7 Å². The van der Waals surface area contributed by atoms with Gasteiger partial charge in [0, 0.05) is 36.6 Å². The molecule has 4 N–H and O–H groups in total. The van der Waals surface area contributed by atoms with Crippen LogP contribution in [0.4, 0.5) is 22.7 Å². The third-order valence-electron chi connectivity index (χ3n) is 4.41. The molecule has 0 fully saturated rings. The van der Waals surface area contributed by atoms with Crippen LogP contribution in [-0.2, 0) is 12.6 Å². The number of anilines is 1. The lowest BCUT2D eigenvalue weighted by molar-refractivity contribution is -0.141. The van der Waals surface area contributed by atoms with Crippen molar-refractivity contribution < 1.29 is 22.0 Å². The molecule has 12 heteroatoms. The van der Waals surface area contributed by atoms with E-state index in [1.165, 1.54) is 35.7 Å². The van der Waals surface area contributed by atoms with Crippen LogP contribution in [-0.4, -0.2) is 27.5 Å². The molecule has 0 bridgehead atoms. The van der Waals surface area contributed by atoms with E-state index in [2.05, 4.69) is 20.3 Å². The fourth-order valence-corrected chi connectivity index (χ4v) is 3.79. The lowest BCUT2D eigenvalue weighted by atomic mass is 10.1. The number of pyridine rings is 1. The number of alkyl halides is 3. The van der Waals surface area contributed by atoms with E-state index >= 15 is 0 Å². The first-order valence-electron chi connectivity index (χ1n) is 8.99. The van der Waals surface area contributed by atoms with Crippen LogP contribution in [0, 0.1) is 5.82 Å². The van der Waals surface area contributed by atoms with E-state index in [4.69, 9.17) is 10.2 Å². The van der Waals surface area contributed by atoms with Gasteiger partial charge in [-0.15, -0.1) is 0 Å². The van der Waals surface area contributed by atoms with Gasteiger partial charge in [-0.2, -0.15) is 13.2 Å². The summed E-state index contributed by atoms with van der Waals surface area (Å²) in [5.41, 5.74) is 6.39. The van der Waals surface area contributed by atoms with Crippen LogP contribution < -0.4 is 16.8 Å². The molecule has 3 aromatic heterocycles. The highest BCUT2D eigenvalue weighted by Crippen LogP contribution is 2.33. The van der Waals surface area contributed by atoms with E-state index in [0.29, 0.717) is 28.5 Å². The summed E-state index contributed by atoms with van der Waals surface area (Å²) in [5.74, 6) is -1.21. The van der Waals surface area contributed by atoms with Crippen molar-refractivity contribution in [2.24, 2.45) is 5.73 Å². The summed E-state index contributed by atoms with van der Waals surface area (Å²) in [5, 5.41) is 3.52. The molecule has 1 atom stereocenters. The number of oxazole rings is 1. The molecule has 0 radical (unpaired) electrons. The monoisotopic (exact) mass is 453 g/mol. The van der Waals surface area contributed by atoms with Crippen molar-refractivity contribution >= 4 is 27.6 Å². The first-order valence-corrected chi connectivity index (χ1v) is 9.81. The number of H-pyrrole nitrogens is 1. The minimum Gasteiger partial charge on any atom is -0.408 e. The van der Waals surface area contributed by atoms with Crippen LogP contribution in [0.25, 0.3) is 21.5 Å². The summed E-state index contributed by atoms with van der Waals surface area (Å²) < 4.78 is 57.1. The number of thiazole rings is 1. The maximum atomic E-state index is 14.4. The molecular weight excluding hydrogens is 438 g/mol. The minimum atomic E-state index is -4.48. The lowest BCUT2D eigenvalue weighted by Crippen LogP contribution is -2.31. The topological polar surface area (TPSA) is 110 Å². The summed E-state index contributed by atoms with van der Waals surface area (Å²) in [4.78, 5) is 21.8. The summed E-state index contributed by atoms with van der Waals surface area (Å²) in [6, 6.07) is 4.45. The van der Waals surface area contributed by atoms with Crippen LogP contribution in [0.3, 0.4) is 0 Å². The molecule has 3 heterocycles. The maximum Gasteiger partial charge on any atom is 0.433 e. The van der Waals surface area contributed by atoms with Crippen molar-refractivity contribution in [2.75, 3.05) is 11.9 Å². The van der Waals surface area contributed by atoms with Crippen molar-refractivity contribution in [1.29, 1.82) is 0 Å². The Morgan fingerprint density at radius 3 is 2.74 bits per heavy atom. The Labute approximate surface area is 175 Å². The number of fused-ring (bicyclic) bond motifs is 1. The Bertz CT molecular complexity index is 1260. The number of nitrogens with zero attached hydrogens (tertiary/aromatic N) is 2. The molecule has 0 aliphatic rings. The zero-order valence-corrected chi connectivity index (χ0v) is 16.5. The van der Waals surface area contributed by atoms with Gasteiger partial charge in [-0.1, -0.05) is 17.4 Å². The Morgan fingerprint density at radius 1 is 1.23 bits per heavy atom. The predicted octanol–water partition coefficient (Wildman–Crippen LogP) is 3.78. The molecule has 0 spiro atoms. The van der Waals surface area contributed by atoms with Gasteiger partial charge in [-0.05, 0) is 24.1 Å². The molecule has 31 heavy (non-hydrogen) atoms. The maximum absolute atomic E-state index is 14.4. The Morgan fingerprint density at radius 2 is 2.03 bits per heavy atom. The van der Waals surface area contributed by atoms with Gasteiger partial charge in [0.05, 0.1) is 10.4 Å². The molecule has 4 aromatic rings. The van der Waals surface area contributed by atoms with Crippen molar-refractivity contribution in [3.8, 4) is 10.4 Å². The van der Waals surface area contributed by atoms with E-state index in [1.54, 1.807) is 0 Å². The van der Waals surface area contributed by atoms with Crippen molar-refractivity contribution in [3.63, 3.8) is 0 Å². The average molecular weight is 453 g/mol. The van der Waals surface area contributed by atoms with Crippen LogP contribution in [0.2, 0.25) is 0 Å². The molecule has 1 aromatic carbocycles. The molecule has 0 amide bonds. The van der Waals surface area contributed by atoms with Crippen molar-refractivity contribution in [1.82, 2.24) is 15.0 Å². The normalized spacial score (nSPS) is 12.9. The SMILES string of the molecule is NC(CNc1ncc(-c2cc3oc(=O)[nH]c3cc2F)s1)Cc1ccc(C(F)(F)F)nc1. The standard InChI is InChI=1S/C19H15F4N5O2S/c20-12-5-13-14(30-18(29)28-13)4-11(12)15-8-27-17(31-15)26-7-10(24)3-9-1-2-16(25-6-9)19(21,22)23/h1-2,4-6,8,10H,3,7,24H2,(H,26,27)(H,28,29). The zero-order valence-electron chi connectivity index (χ0n) is 15.7. The van der Waals surface area contributed by atoms with E-state index in [9.17, 15) is 22.4 Å². The predicted molar refractivity (Wildman–Crippen MR) is 107 cm³/mol. The summed E-state index contributed by atoms with van der Waals surface area (Å²) in [7, 11) is 0. The molecule has 4 rings (SSSR count). The number of halogens is 4. The second-order valence-corrected chi connectivity index (χ2v) is 7.80. The first kappa shape index (κ1) is 21.0. The van der Waals surface area contributed by atoms with Crippen LogP contribution in [0.1, 0.15) is 11.3 Å². The second-order valence-electron chi connectivity index (χ2n) is 6.77. The molecule has 162 valence electrons. The summed E-state index contributed by atoms with van der Waals surface area (Å²) in [6.07, 6.45) is -1.54. The molecule has 0 aliphatic heterocycles.